The van der Waals surface area contributed by atoms with Crippen LogP contribution in [0.15, 0.2) is 81.6 Å². The maximum Gasteiger partial charge on any atom is 0.264 e. The maximum absolute atomic E-state index is 13.2. The van der Waals surface area contributed by atoms with Gasteiger partial charge in [-0.3, -0.25) is 44.2 Å². The van der Waals surface area contributed by atoms with E-state index in [-0.39, 0.29) is 35.9 Å². The number of allylic oxidation sites excluding steroid dienone is 3. The number of rotatable bonds is 18. The van der Waals surface area contributed by atoms with Crippen LogP contribution in [-0.2, 0) is 28.6 Å². The summed E-state index contributed by atoms with van der Waals surface area (Å²) in [5.41, 5.74) is 6.72. The van der Waals surface area contributed by atoms with E-state index in [0.717, 1.165) is 10.6 Å². The van der Waals surface area contributed by atoms with Crippen molar-refractivity contribution in [2.24, 2.45) is 4.99 Å². The maximum atomic E-state index is 13.2. The van der Waals surface area contributed by atoms with Crippen LogP contribution in [0.1, 0.15) is 52.4 Å². The molecular formula is C38H42N8O9. The molecule has 2 unspecified atom stereocenters. The summed E-state index contributed by atoms with van der Waals surface area (Å²) in [5, 5.41) is 10.0. The number of carbonyl (C=O) groups excluding carboxylic acids is 5. The monoisotopic (exact) mass is 754 g/mol. The molecule has 0 radical (unpaired) electrons. The summed E-state index contributed by atoms with van der Waals surface area (Å²) in [6, 6.07) is 9.12. The van der Waals surface area contributed by atoms with Gasteiger partial charge in [0, 0.05) is 37.5 Å². The Kier molecular flexibility index (Phi) is 12.5. The Hall–Kier alpha value is -6.17. The zero-order chi connectivity index (χ0) is 38.9. The first-order valence-corrected chi connectivity index (χ1v) is 17.7. The van der Waals surface area contributed by atoms with Crippen LogP contribution in [0, 0.1) is 0 Å². The Labute approximate surface area is 316 Å². The van der Waals surface area contributed by atoms with Gasteiger partial charge >= 0.3 is 0 Å². The second-order valence-corrected chi connectivity index (χ2v) is 12.7. The molecule has 0 bridgehead atoms. The number of hydrogen-bond acceptors (Lipinski definition) is 14. The summed E-state index contributed by atoms with van der Waals surface area (Å²) < 4.78 is 22.9. The number of hydrogen-bond donors (Lipinski definition) is 4. The lowest BCUT2D eigenvalue weighted by atomic mass is 10.0. The lowest BCUT2D eigenvalue weighted by Crippen LogP contribution is -2.54. The molecule has 0 saturated carbocycles. The smallest absolute Gasteiger partial charge is 0.264 e. The number of likely N-dealkylation sites (N-methyl/N-ethyl adjacent to an activating group) is 1. The second-order valence-electron chi connectivity index (χ2n) is 12.7. The van der Waals surface area contributed by atoms with Gasteiger partial charge in [-0.2, -0.15) is 0 Å². The standard InChI is InChI=1S/C38H42N8O9/c1-23(7-8-25(39-2)22-41-24-9-12-31-29(21-24)42-36(55-31)28-10-14-33(48)45(3)44-28)54-20-19-53-18-17-52-16-15-40-27-6-4-5-26-34(27)38(51)46(37(26)50)30-11-13-32(47)43-35(30)49/h4-10,12,14,21,28,30,40-41,44H,2,11,13,15-20,22H2,1,3H3,(H,43,47,49)/b23-7+,25-8-. The number of piperidine rings is 1. The molecule has 2 aromatic carbocycles. The third-order valence-corrected chi connectivity index (χ3v) is 8.91. The lowest BCUT2D eigenvalue weighted by Gasteiger charge is -2.27. The zero-order valence-corrected chi connectivity index (χ0v) is 30.5. The fraction of sp³-hybridized carbons (Fsp3) is 0.342. The first kappa shape index (κ1) is 38.6. The van der Waals surface area contributed by atoms with E-state index in [9.17, 15) is 24.0 Å². The molecule has 0 spiro atoms. The van der Waals surface area contributed by atoms with E-state index in [4.69, 9.17) is 18.6 Å². The Morgan fingerprint density at radius 3 is 2.62 bits per heavy atom. The van der Waals surface area contributed by atoms with Crippen LogP contribution in [0.2, 0.25) is 0 Å². The van der Waals surface area contributed by atoms with Crippen molar-refractivity contribution < 1.29 is 42.6 Å². The van der Waals surface area contributed by atoms with Crippen molar-refractivity contribution in [1.82, 2.24) is 25.6 Å². The minimum absolute atomic E-state index is 0.0574. The number of aromatic nitrogens is 1. The summed E-state index contributed by atoms with van der Waals surface area (Å²) in [4.78, 5) is 71.4. The van der Waals surface area contributed by atoms with E-state index in [0.29, 0.717) is 80.3 Å². The van der Waals surface area contributed by atoms with Crippen molar-refractivity contribution in [3.63, 3.8) is 0 Å². The first-order chi connectivity index (χ1) is 26.6. The molecule has 2 atom stereocenters. The predicted molar refractivity (Wildman–Crippen MR) is 201 cm³/mol. The Morgan fingerprint density at radius 2 is 1.84 bits per heavy atom. The van der Waals surface area contributed by atoms with Crippen molar-refractivity contribution in [3.8, 4) is 0 Å². The highest BCUT2D eigenvalue weighted by molar-refractivity contribution is 6.25. The highest BCUT2D eigenvalue weighted by Gasteiger charge is 2.45. The fourth-order valence-corrected chi connectivity index (χ4v) is 6.06. The van der Waals surface area contributed by atoms with Crippen LogP contribution >= 0.6 is 0 Å². The second kappa shape index (κ2) is 17.8. The predicted octanol–water partition coefficient (Wildman–Crippen LogP) is 2.87. The number of ether oxygens (including phenoxy) is 3. The molecule has 3 aromatic rings. The van der Waals surface area contributed by atoms with E-state index in [1.165, 1.54) is 11.1 Å². The first-order valence-electron chi connectivity index (χ1n) is 17.7. The Bertz CT molecular complexity index is 2070. The highest BCUT2D eigenvalue weighted by Crippen LogP contribution is 2.32. The normalized spacial score (nSPS) is 18.9. The number of fused-ring (bicyclic) bond motifs is 2. The van der Waals surface area contributed by atoms with E-state index in [1.54, 1.807) is 37.4 Å². The third kappa shape index (κ3) is 9.32. The number of nitrogens with one attached hydrogen (secondary N) is 4. The molecular weight excluding hydrogens is 712 g/mol. The average Bonchev–Trinajstić information content (AvgIpc) is 3.71. The molecule has 0 aliphatic carbocycles. The summed E-state index contributed by atoms with van der Waals surface area (Å²) in [5.74, 6) is -1.22. The van der Waals surface area contributed by atoms with Crippen LogP contribution in [-0.4, -0.2) is 110 Å². The number of oxazole rings is 1. The molecule has 1 fully saturated rings. The van der Waals surface area contributed by atoms with Crippen LogP contribution in [0.3, 0.4) is 0 Å². The van der Waals surface area contributed by atoms with Gasteiger partial charge in [0.25, 0.3) is 17.7 Å². The molecule has 55 heavy (non-hydrogen) atoms. The van der Waals surface area contributed by atoms with Gasteiger partial charge in [0.1, 0.15) is 24.2 Å². The number of nitrogens with zero attached hydrogens (tertiary/aromatic N) is 4. The number of anilines is 2. The SMILES string of the molecule is C=N/C(=C\C=C(/C)OCCOCCOCCNc1cccc2c1C(=O)N(C1CCC(=O)NC1=O)C2=O)CNc1ccc2oc(C3C=CC(=O)N(C)N3)nc2c1. The molecule has 3 aliphatic heterocycles. The molecule has 4 heterocycles. The molecule has 17 nitrogen and oxygen atoms in total. The van der Waals surface area contributed by atoms with E-state index < -0.39 is 29.7 Å². The van der Waals surface area contributed by atoms with Crippen LogP contribution in [0.5, 0.6) is 0 Å². The van der Waals surface area contributed by atoms with Gasteiger partial charge in [0.15, 0.2) is 5.58 Å². The van der Waals surface area contributed by atoms with Gasteiger partial charge in [-0.1, -0.05) is 12.1 Å². The molecule has 5 amide bonds. The topological polar surface area (TPSA) is 206 Å². The van der Waals surface area contributed by atoms with Gasteiger partial charge in [-0.25, -0.2) is 10.4 Å². The summed E-state index contributed by atoms with van der Waals surface area (Å²) in [6.45, 7) is 7.99. The number of hydrazine groups is 1. The van der Waals surface area contributed by atoms with Gasteiger partial charge in [0.05, 0.1) is 55.6 Å². The molecule has 4 N–H and O–H groups in total. The number of aliphatic imine (C=N–C) groups is 1. The van der Waals surface area contributed by atoms with Gasteiger partial charge < -0.3 is 29.3 Å². The Morgan fingerprint density at radius 1 is 1.04 bits per heavy atom. The Balaban J connectivity index is 0.855. The van der Waals surface area contributed by atoms with E-state index >= 15 is 0 Å². The summed E-state index contributed by atoms with van der Waals surface area (Å²) in [7, 11) is 1.64. The number of amides is 5. The van der Waals surface area contributed by atoms with Crippen LogP contribution in [0.4, 0.5) is 11.4 Å². The lowest BCUT2D eigenvalue weighted by molar-refractivity contribution is -0.136. The van der Waals surface area contributed by atoms with Crippen molar-refractivity contribution in [2.45, 2.75) is 31.8 Å². The van der Waals surface area contributed by atoms with Crippen LogP contribution < -0.4 is 21.4 Å². The number of carbonyl (C=O) groups is 5. The zero-order valence-electron chi connectivity index (χ0n) is 30.5. The molecule has 1 saturated heterocycles. The van der Waals surface area contributed by atoms with Gasteiger partial charge in [0.2, 0.25) is 17.7 Å². The quantitative estimate of drug-likeness (QED) is 0.0486. The highest BCUT2D eigenvalue weighted by atomic mass is 16.5. The molecule has 17 heteroatoms. The fourth-order valence-electron chi connectivity index (χ4n) is 6.06. The molecule has 1 aromatic heterocycles. The molecule has 6 rings (SSSR count). The van der Waals surface area contributed by atoms with Crippen molar-refractivity contribution in [2.75, 3.05) is 63.8 Å². The molecule has 3 aliphatic rings. The average molecular weight is 755 g/mol. The molecule has 288 valence electrons. The van der Waals surface area contributed by atoms with E-state index in [2.05, 4.69) is 38.1 Å². The largest absolute Gasteiger partial charge is 0.496 e. The van der Waals surface area contributed by atoms with Gasteiger partial charge in [-0.05, 0) is 62.5 Å². The summed E-state index contributed by atoms with van der Waals surface area (Å²) >= 11 is 0. The third-order valence-electron chi connectivity index (χ3n) is 8.91. The number of benzene rings is 2. The minimum Gasteiger partial charge on any atom is -0.496 e. The van der Waals surface area contributed by atoms with Crippen molar-refractivity contribution >= 4 is 58.7 Å². The summed E-state index contributed by atoms with van der Waals surface area (Å²) in [6.07, 6.45) is 6.96. The number of imide groups is 2. The van der Waals surface area contributed by atoms with Crippen molar-refractivity contribution in [3.05, 3.63) is 89.2 Å². The minimum atomic E-state index is -1.02. The van der Waals surface area contributed by atoms with Crippen molar-refractivity contribution in [1.29, 1.82) is 0 Å². The van der Waals surface area contributed by atoms with Crippen LogP contribution in [0.25, 0.3) is 11.1 Å². The van der Waals surface area contributed by atoms with Gasteiger partial charge in [-0.15, -0.1) is 0 Å². The van der Waals surface area contributed by atoms with E-state index in [1.807, 2.05) is 31.2 Å².